The predicted molar refractivity (Wildman–Crippen MR) is 80.6 cm³/mol. The zero-order valence-corrected chi connectivity index (χ0v) is 12.8. The van der Waals surface area contributed by atoms with Gasteiger partial charge in [0.15, 0.2) is 0 Å². The molecule has 0 saturated carbocycles. The fraction of sp³-hybridized carbons (Fsp3) is 0.500. The van der Waals surface area contributed by atoms with Gasteiger partial charge in [-0.05, 0) is 38.5 Å². The predicted octanol–water partition coefficient (Wildman–Crippen LogP) is 2.85. The Kier molecular flexibility index (Phi) is 6.72. The van der Waals surface area contributed by atoms with Gasteiger partial charge >= 0.3 is 5.97 Å². The molecular formula is C16H23NO4. The maximum absolute atomic E-state index is 12.2. The lowest BCUT2D eigenvalue weighted by Crippen LogP contribution is -2.36. The second kappa shape index (κ2) is 8.29. The van der Waals surface area contributed by atoms with E-state index in [0.29, 0.717) is 17.7 Å². The number of hydrogen-bond donors (Lipinski definition) is 2. The van der Waals surface area contributed by atoms with Crippen molar-refractivity contribution >= 4 is 11.9 Å². The number of carbonyl (C=O) groups is 2. The van der Waals surface area contributed by atoms with Crippen molar-refractivity contribution in [3.63, 3.8) is 0 Å². The van der Waals surface area contributed by atoms with Gasteiger partial charge in [-0.3, -0.25) is 9.59 Å². The van der Waals surface area contributed by atoms with Crippen LogP contribution in [0.2, 0.25) is 0 Å². The lowest BCUT2D eigenvalue weighted by molar-refractivity contribution is -0.137. The Hall–Kier alpha value is -2.04. The van der Waals surface area contributed by atoms with Crippen LogP contribution in [0.4, 0.5) is 0 Å². The molecule has 0 bridgehead atoms. The molecule has 5 nitrogen and oxygen atoms in total. The van der Waals surface area contributed by atoms with Crippen molar-refractivity contribution in [3.05, 3.63) is 29.8 Å². The van der Waals surface area contributed by atoms with Gasteiger partial charge in [0.2, 0.25) is 0 Å². The molecule has 0 aliphatic heterocycles. The average molecular weight is 293 g/mol. The van der Waals surface area contributed by atoms with Gasteiger partial charge in [0.05, 0.1) is 12.5 Å². The van der Waals surface area contributed by atoms with Crippen LogP contribution in [0.5, 0.6) is 5.75 Å². The van der Waals surface area contributed by atoms with E-state index in [4.69, 9.17) is 9.84 Å². The van der Waals surface area contributed by atoms with Crippen LogP contribution in [0.15, 0.2) is 24.3 Å². The fourth-order valence-electron chi connectivity index (χ4n) is 2.04. The number of rotatable bonds is 8. The molecule has 0 radical (unpaired) electrons. The molecule has 0 aliphatic rings. The minimum absolute atomic E-state index is 0.0307. The molecule has 0 fully saturated rings. The largest absolute Gasteiger partial charge is 0.491 e. The summed E-state index contributed by atoms with van der Waals surface area (Å²) < 4.78 is 5.55. The summed E-state index contributed by atoms with van der Waals surface area (Å²) in [6, 6.07) is 6.54. The molecule has 0 aliphatic carbocycles. The molecule has 5 heteroatoms. The molecule has 2 N–H and O–H groups in total. The van der Waals surface area contributed by atoms with Crippen LogP contribution >= 0.6 is 0 Å². The number of carbonyl (C=O) groups excluding carboxylic acids is 1. The quantitative estimate of drug-likeness (QED) is 0.772. The molecule has 0 saturated heterocycles. The molecule has 1 atom stereocenters. The first-order valence-corrected chi connectivity index (χ1v) is 7.21. The molecule has 0 spiro atoms. The summed E-state index contributed by atoms with van der Waals surface area (Å²) in [5.41, 5.74) is 0.472. The van der Waals surface area contributed by atoms with E-state index in [0.717, 1.165) is 6.42 Å². The van der Waals surface area contributed by atoms with Gasteiger partial charge in [0, 0.05) is 11.6 Å². The molecule has 116 valence electrons. The summed E-state index contributed by atoms with van der Waals surface area (Å²) in [4.78, 5) is 23.0. The van der Waals surface area contributed by atoms with Crippen LogP contribution in [0.3, 0.4) is 0 Å². The van der Waals surface area contributed by atoms with Gasteiger partial charge < -0.3 is 15.2 Å². The van der Waals surface area contributed by atoms with Crippen LogP contribution in [0.25, 0.3) is 0 Å². The van der Waals surface area contributed by atoms with Crippen molar-refractivity contribution in [3.8, 4) is 5.75 Å². The Balaban J connectivity index is 2.74. The van der Waals surface area contributed by atoms with Crippen molar-refractivity contribution in [2.45, 2.75) is 52.2 Å². The summed E-state index contributed by atoms with van der Waals surface area (Å²) in [5.74, 6) is -0.558. The fourth-order valence-corrected chi connectivity index (χ4v) is 2.04. The molecule has 1 unspecified atom stereocenters. The van der Waals surface area contributed by atoms with Crippen molar-refractivity contribution in [1.82, 2.24) is 5.32 Å². The molecule has 0 aromatic heterocycles. The number of benzene rings is 1. The number of carboxylic acids is 1. The second-order valence-electron chi connectivity index (χ2n) is 5.25. The summed E-state index contributed by atoms with van der Waals surface area (Å²) >= 11 is 0. The van der Waals surface area contributed by atoms with Gasteiger partial charge in [-0.2, -0.15) is 0 Å². The first kappa shape index (κ1) is 17.0. The van der Waals surface area contributed by atoms with E-state index in [9.17, 15) is 9.59 Å². The SMILES string of the molecule is CCCC(CC(=O)O)NC(=O)c1cccc(OC(C)C)c1. The van der Waals surface area contributed by atoms with Crippen LogP contribution in [0.1, 0.15) is 50.4 Å². The Morgan fingerprint density at radius 3 is 2.62 bits per heavy atom. The van der Waals surface area contributed by atoms with Crippen molar-refractivity contribution < 1.29 is 19.4 Å². The Morgan fingerprint density at radius 2 is 2.05 bits per heavy atom. The molecule has 1 rings (SSSR count). The number of hydrogen-bond acceptors (Lipinski definition) is 3. The maximum atomic E-state index is 12.2. The zero-order chi connectivity index (χ0) is 15.8. The standard InChI is InChI=1S/C16H23NO4/c1-4-6-13(10-15(18)19)17-16(20)12-7-5-8-14(9-12)21-11(2)3/h5,7-9,11,13H,4,6,10H2,1-3H3,(H,17,20)(H,18,19). The molecule has 21 heavy (non-hydrogen) atoms. The minimum atomic E-state index is -0.911. The topological polar surface area (TPSA) is 75.6 Å². The number of ether oxygens (including phenoxy) is 1. The highest BCUT2D eigenvalue weighted by molar-refractivity contribution is 5.95. The Labute approximate surface area is 125 Å². The van der Waals surface area contributed by atoms with Crippen LogP contribution in [-0.4, -0.2) is 29.1 Å². The van der Waals surface area contributed by atoms with Crippen LogP contribution in [-0.2, 0) is 4.79 Å². The van der Waals surface area contributed by atoms with E-state index >= 15 is 0 Å². The normalized spacial score (nSPS) is 12.0. The Morgan fingerprint density at radius 1 is 1.33 bits per heavy atom. The highest BCUT2D eigenvalue weighted by atomic mass is 16.5. The van der Waals surface area contributed by atoms with E-state index in [1.807, 2.05) is 20.8 Å². The first-order valence-electron chi connectivity index (χ1n) is 7.21. The Bertz CT molecular complexity index is 485. The van der Waals surface area contributed by atoms with Crippen molar-refractivity contribution in [2.24, 2.45) is 0 Å². The highest BCUT2D eigenvalue weighted by Crippen LogP contribution is 2.15. The van der Waals surface area contributed by atoms with E-state index in [2.05, 4.69) is 5.32 Å². The van der Waals surface area contributed by atoms with Gasteiger partial charge in [-0.1, -0.05) is 19.4 Å². The third-order valence-corrected chi connectivity index (χ3v) is 2.86. The molecule has 0 heterocycles. The summed E-state index contributed by atoms with van der Waals surface area (Å²) in [6.07, 6.45) is 1.42. The maximum Gasteiger partial charge on any atom is 0.305 e. The molecular weight excluding hydrogens is 270 g/mol. The molecule has 1 amide bonds. The van der Waals surface area contributed by atoms with Crippen LogP contribution in [0, 0.1) is 0 Å². The van der Waals surface area contributed by atoms with E-state index in [1.165, 1.54) is 0 Å². The third kappa shape index (κ3) is 6.29. The van der Waals surface area contributed by atoms with Gasteiger partial charge in [0.25, 0.3) is 5.91 Å². The van der Waals surface area contributed by atoms with E-state index in [1.54, 1.807) is 24.3 Å². The monoisotopic (exact) mass is 293 g/mol. The second-order valence-corrected chi connectivity index (χ2v) is 5.25. The average Bonchev–Trinajstić information content (AvgIpc) is 2.37. The van der Waals surface area contributed by atoms with E-state index in [-0.39, 0.29) is 24.5 Å². The number of aliphatic carboxylic acids is 1. The van der Waals surface area contributed by atoms with Gasteiger partial charge in [-0.15, -0.1) is 0 Å². The number of carboxylic acid groups (broad SMARTS) is 1. The van der Waals surface area contributed by atoms with Gasteiger partial charge in [0.1, 0.15) is 5.75 Å². The third-order valence-electron chi connectivity index (χ3n) is 2.86. The smallest absolute Gasteiger partial charge is 0.305 e. The molecule has 1 aromatic rings. The van der Waals surface area contributed by atoms with Crippen molar-refractivity contribution in [2.75, 3.05) is 0 Å². The minimum Gasteiger partial charge on any atom is -0.491 e. The zero-order valence-electron chi connectivity index (χ0n) is 12.8. The summed E-state index contributed by atoms with van der Waals surface area (Å²) in [6.45, 7) is 5.78. The van der Waals surface area contributed by atoms with Gasteiger partial charge in [-0.25, -0.2) is 0 Å². The summed E-state index contributed by atoms with van der Waals surface area (Å²) in [7, 11) is 0. The van der Waals surface area contributed by atoms with E-state index < -0.39 is 5.97 Å². The number of amides is 1. The molecule has 1 aromatic carbocycles. The summed E-state index contributed by atoms with van der Waals surface area (Å²) in [5, 5.41) is 11.6. The lowest BCUT2D eigenvalue weighted by atomic mass is 10.1. The lowest BCUT2D eigenvalue weighted by Gasteiger charge is -2.16. The number of nitrogens with one attached hydrogen (secondary N) is 1. The van der Waals surface area contributed by atoms with Crippen molar-refractivity contribution in [1.29, 1.82) is 0 Å². The van der Waals surface area contributed by atoms with Crippen LogP contribution < -0.4 is 10.1 Å². The first-order chi connectivity index (χ1) is 9.92. The highest BCUT2D eigenvalue weighted by Gasteiger charge is 2.16.